The van der Waals surface area contributed by atoms with Gasteiger partial charge in [-0.25, -0.2) is 9.59 Å². The van der Waals surface area contributed by atoms with E-state index in [1.165, 1.54) is 0 Å². The number of non-ortho nitro benzene ring substituents is 1. The van der Waals surface area contributed by atoms with Gasteiger partial charge in [0.05, 0.1) is 32.7 Å². The third-order valence-electron chi connectivity index (χ3n) is 3.16. The number of nitro groups is 2. The maximum atomic E-state index is 11.2. The molecule has 3 N–H and O–H groups in total. The topological polar surface area (TPSA) is 173 Å². The Kier molecular flexibility index (Phi) is 4.59. The molecular formula is C14H9N3O8. The maximum Gasteiger partial charge on any atom is 0.337 e. The van der Waals surface area contributed by atoms with Gasteiger partial charge in [-0.15, -0.1) is 0 Å². The number of carbonyl (C=O) groups is 2. The highest BCUT2D eigenvalue weighted by Crippen LogP contribution is 2.32. The Balaban J connectivity index is 2.57. The van der Waals surface area contributed by atoms with Crippen LogP contribution in [0.5, 0.6) is 0 Å². The fraction of sp³-hybridized carbons (Fsp3) is 0. The summed E-state index contributed by atoms with van der Waals surface area (Å²) in [5.41, 5.74) is -2.17. The van der Waals surface area contributed by atoms with E-state index in [2.05, 4.69) is 5.32 Å². The van der Waals surface area contributed by atoms with Crippen LogP contribution in [0.4, 0.5) is 22.7 Å². The molecule has 11 heteroatoms. The van der Waals surface area contributed by atoms with Gasteiger partial charge in [0.25, 0.3) is 11.4 Å². The van der Waals surface area contributed by atoms with Gasteiger partial charge >= 0.3 is 11.9 Å². The van der Waals surface area contributed by atoms with Crippen LogP contribution in [0, 0.1) is 20.2 Å². The standard InChI is InChI=1S/C14H9N3O8/c18-13(19)7-1-3-9(14(20)21)11(5-7)15-10-4-2-8(16(22)23)6-12(10)17(24)25/h1-6,15H,(H,18,19)(H,20,21). The molecule has 0 unspecified atom stereocenters. The van der Waals surface area contributed by atoms with Crippen molar-refractivity contribution in [3.05, 3.63) is 67.8 Å². The minimum atomic E-state index is -1.39. The summed E-state index contributed by atoms with van der Waals surface area (Å²) >= 11 is 0. The fourth-order valence-corrected chi connectivity index (χ4v) is 2.00. The molecule has 0 heterocycles. The quantitative estimate of drug-likeness (QED) is 0.524. The molecule has 128 valence electrons. The number of nitro benzene ring substituents is 2. The minimum Gasteiger partial charge on any atom is -0.478 e. The lowest BCUT2D eigenvalue weighted by Gasteiger charge is -2.11. The highest BCUT2D eigenvalue weighted by molar-refractivity contribution is 5.98. The first-order valence-corrected chi connectivity index (χ1v) is 6.51. The third kappa shape index (κ3) is 3.67. The van der Waals surface area contributed by atoms with E-state index >= 15 is 0 Å². The Hall–Kier alpha value is -4.02. The Morgan fingerprint density at radius 2 is 1.56 bits per heavy atom. The van der Waals surface area contributed by atoms with Gasteiger partial charge in [-0.05, 0) is 24.3 Å². The molecule has 0 saturated carbocycles. The van der Waals surface area contributed by atoms with Crippen molar-refractivity contribution >= 4 is 34.7 Å². The van der Waals surface area contributed by atoms with Crippen LogP contribution in [0.15, 0.2) is 36.4 Å². The molecule has 0 spiro atoms. The Morgan fingerprint density at radius 1 is 0.880 bits per heavy atom. The van der Waals surface area contributed by atoms with Crippen LogP contribution >= 0.6 is 0 Å². The summed E-state index contributed by atoms with van der Waals surface area (Å²) in [6.45, 7) is 0. The zero-order valence-electron chi connectivity index (χ0n) is 12.2. The maximum absolute atomic E-state index is 11.2. The third-order valence-corrected chi connectivity index (χ3v) is 3.16. The summed E-state index contributed by atoms with van der Waals surface area (Å²) in [7, 11) is 0. The van der Waals surface area contributed by atoms with Gasteiger partial charge < -0.3 is 15.5 Å². The molecule has 0 bridgehead atoms. The van der Waals surface area contributed by atoms with Gasteiger partial charge in [0.2, 0.25) is 0 Å². The summed E-state index contributed by atoms with van der Waals surface area (Å²) in [6.07, 6.45) is 0. The number of hydrogen-bond acceptors (Lipinski definition) is 7. The van der Waals surface area contributed by atoms with Gasteiger partial charge in [0, 0.05) is 6.07 Å². The molecule has 0 aromatic heterocycles. The first-order valence-electron chi connectivity index (χ1n) is 6.51. The predicted octanol–water partition coefficient (Wildman–Crippen LogP) is 2.64. The highest BCUT2D eigenvalue weighted by Gasteiger charge is 2.21. The van der Waals surface area contributed by atoms with Crippen LogP contribution < -0.4 is 5.32 Å². The van der Waals surface area contributed by atoms with E-state index in [9.17, 15) is 29.8 Å². The van der Waals surface area contributed by atoms with Crippen molar-refractivity contribution in [2.75, 3.05) is 5.32 Å². The van der Waals surface area contributed by atoms with Gasteiger partial charge in [-0.3, -0.25) is 20.2 Å². The number of nitrogens with zero attached hydrogens (tertiary/aromatic N) is 2. The van der Waals surface area contributed by atoms with Crippen LogP contribution in [0.25, 0.3) is 0 Å². The number of rotatable bonds is 6. The number of benzene rings is 2. The van der Waals surface area contributed by atoms with Crippen molar-refractivity contribution in [3.8, 4) is 0 Å². The number of hydrogen-bond donors (Lipinski definition) is 3. The second kappa shape index (κ2) is 6.62. The van der Waals surface area contributed by atoms with Crippen molar-refractivity contribution in [1.82, 2.24) is 0 Å². The van der Waals surface area contributed by atoms with Gasteiger partial charge in [0.1, 0.15) is 5.69 Å². The van der Waals surface area contributed by atoms with Crippen LogP contribution in [0.2, 0.25) is 0 Å². The molecule has 0 amide bonds. The van der Waals surface area contributed by atoms with Gasteiger partial charge in [-0.2, -0.15) is 0 Å². The minimum absolute atomic E-state index is 0.204. The SMILES string of the molecule is O=C(O)c1ccc(C(=O)O)c(Nc2ccc([N+](=O)[O-])cc2[N+](=O)[O-])c1. The smallest absolute Gasteiger partial charge is 0.337 e. The number of aromatic carboxylic acids is 2. The molecule has 11 nitrogen and oxygen atoms in total. The van der Waals surface area contributed by atoms with Crippen molar-refractivity contribution in [1.29, 1.82) is 0 Å². The zero-order valence-corrected chi connectivity index (χ0v) is 12.2. The normalized spacial score (nSPS) is 10.1. The molecule has 25 heavy (non-hydrogen) atoms. The monoisotopic (exact) mass is 347 g/mol. The summed E-state index contributed by atoms with van der Waals surface area (Å²) in [5.74, 6) is -2.71. The number of anilines is 2. The Labute approximate surface area is 138 Å². The lowest BCUT2D eigenvalue weighted by atomic mass is 10.1. The fourth-order valence-electron chi connectivity index (χ4n) is 2.00. The van der Waals surface area contributed by atoms with Crippen molar-refractivity contribution < 1.29 is 29.6 Å². The van der Waals surface area contributed by atoms with Gasteiger partial charge in [0.15, 0.2) is 0 Å². The lowest BCUT2D eigenvalue weighted by molar-refractivity contribution is -0.393. The predicted molar refractivity (Wildman–Crippen MR) is 83.4 cm³/mol. The van der Waals surface area contributed by atoms with Crippen LogP contribution in [-0.4, -0.2) is 32.0 Å². The van der Waals surface area contributed by atoms with E-state index in [1.54, 1.807) is 0 Å². The average Bonchev–Trinajstić information content (AvgIpc) is 2.54. The molecule has 0 aliphatic rings. The summed E-state index contributed by atoms with van der Waals surface area (Å²) in [4.78, 5) is 42.4. The first kappa shape index (κ1) is 17.3. The molecule has 0 atom stereocenters. The molecule has 0 aliphatic heterocycles. The van der Waals surface area contributed by atoms with Crippen LogP contribution in [0.3, 0.4) is 0 Å². The summed E-state index contributed by atoms with van der Waals surface area (Å²) in [5, 5.41) is 42.4. The van der Waals surface area contributed by atoms with E-state index in [0.717, 1.165) is 30.3 Å². The zero-order chi connectivity index (χ0) is 18.7. The summed E-state index contributed by atoms with van der Waals surface area (Å²) < 4.78 is 0. The van der Waals surface area contributed by atoms with Crippen molar-refractivity contribution in [2.24, 2.45) is 0 Å². The highest BCUT2D eigenvalue weighted by atomic mass is 16.6. The lowest BCUT2D eigenvalue weighted by Crippen LogP contribution is -2.07. The molecular weight excluding hydrogens is 338 g/mol. The molecule has 2 aromatic carbocycles. The largest absolute Gasteiger partial charge is 0.478 e. The van der Waals surface area contributed by atoms with E-state index in [1.807, 2.05) is 0 Å². The second-order valence-corrected chi connectivity index (χ2v) is 4.71. The van der Waals surface area contributed by atoms with Gasteiger partial charge in [-0.1, -0.05) is 0 Å². The average molecular weight is 347 g/mol. The summed E-state index contributed by atoms with van der Waals surface area (Å²) in [6, 6.07) is 5.85. The second-order valence-electron chi connectivity index (χ2n) is 4.71. The molecule has 0 radical (unpaired) electrons. The molecule has 0 aliphatic carbocycles. The van der Waals surface area contributed by atoms with Crippen molar-refractivity contribution in [2.45, 2.75) is 0 Å². The van der Waals surface area contributed by atoms with Crippen LogP contribution in [-0.2, 0) is 0 Å². The van der Waals surface area contributed by atoms with E-state index in [4.69, 9.17) is 10.2 Å². The number of nitrogens with one attached hydrogen (secondary N) is 1. The molecule has 2 aromatic rings. The van der Waals surface area contributed by atoms with E-state index in [-0.39, 0.29) is 22.5 Å². The Morgan fingerprint density at radius 3 is 2.08 bits per heavy atom. The van der Waals surface area contributed by atoms with E-state index in [0.29, 0.717) is 6.07 Å². The van der Waals surface area contributed by atoms with E-state index < -0.39 is 33.2 Å². The van der Waals surface area contributed by atoms with Crippen molar-refractivity contribution in [3.63, 3.8) is 0 Å². The molecule has 0 fully saturated rings. The molecule has 2 rings (SSSR count). The Bertz CT molecular complexity index is 909. The van der Waals surface area contributed by atoms with Crippen LogP contribution in [0.1, 0.15) is 20.7 Å². The first-order chi connectivity index (χ1) is 11.7. The number of carboxylic acid groups (broad SMARTS) is 2. The molecule has 0 saturated heterocycles. The number of carboxylic acids is 2.